The third-order valence-corrected chi connectivity index (χ3v) is 3.91. The maximum Gasteiger partial charge on any atom is 0.188 e. The maximum absolute atomic E-state index is 13.1. The van der Waals surface area contributed by atoms with Crippen LogP contribution in [-0.4, -0.2) is 4.98 Å². The maximum atomic E-state index is 13.1. The molecule has 0 atom stereocenters. The van der Waals surface area contributed by atoms with Crippen LogP contribution in [0.25, 0.3) is 10.2 Å². The zero-order chi connectivity index (χ0) is 13.4. The van der Waals surface area contributed by atoms with Crippen LogP contribution in [0.4, 0.5) is 15.2 Å². The first-order valence-electron chi connectivity index (χ1n) is 6.02. The molecule has 0 spiro atoms. The van der Waals surface area contributed by atoms with Crippen LogP contribution in [0, 0.1) is 19.7 Å². The predicted octanol–water partition coefficient (Wildman–Crippen LogP) is 4.80. The van der Waals surface area contributed by atoms with Gasteiger partial charge in [-0.3, -0.25) is 0 Å². The van der Waals surface area contributed by atoms with E-state index in [4.69, 9.17) is 0 Å². The van der Waals surface area contributed by atoms with Gasteiger partial charge in [0.25, 0.3) is 0 Å². The van der Waals surface area contributed by atoms with Crippen molar-refractivity contribution in [2.45, 2.75) is 13.8 Å². The SMILES string of the molecule is Cc1ccc(Nc2nc3ccc(F)cc3s2)c(C)c1. The standard InChI is InChI=1S/C15H13FN2S/c1-9-3-5-12(10(2)7-9)17-15-18-13-6-4-11(16)8-14(13)19-15/h3-8H,1-2H3,(H,17,18). The van der Waals surface area contributed by atoms with E-state index >= 15 is 0 Å². The number of benzene rings is 2. The molecule has 1 N–H and O–H groups in total. The van der Waals surface area contributed by atoms with Crippen LogP contribution in [0.2, 0.25) is 0 Å². The van der Waals surface area contributed by atoms with Gasteiger partial charge in [-0.05, 0) is 43.7 Å². The molecule has 2 nitrogen and oxygen atoms in total. The summed E-state index contributed by atoms with van der Waals surface area (Å²) in [6.07, 6.45) is 0. The van der Waals surface area contributed by atoms with Gasteiger partial charge in [-0.25, -0.2) is 9.37 Å². The fourth-order valence-electron chi connectivity index (χ4n) is 2.02. The Kier molecular flexibility index (Phi) is 2.95. The van der Waals surface area contributed by atoms with Crippen molar-refractivity contribution in [3.05, 3.63) is 53.3 Å². The first kappa shape index (κ1) is 12.1. The van der Waals surface area contributed by atoms with Crippen molar-refractivity contribution < 1.29 is 4.39 Å². The van der Waals surface area contributed by atoms with Gasteiger partial charge in [0.2, 0.25) is 0 Å². The van der Waals surface area contributed by atoms with E-state index in [2.05, 4.69) is 36.3 Å². The predicted molar refractivity (Wildman–Crippen MR) is 78.8 cm³/mol. The quantitative estimate of drug-likeness (QED) is 0.725. The molecule has 0 amide bonds. The molecule has 0 aliphatic heterocycles. The lowest BCUT2D eigenvalue weighted by Crippen LogP contribution is -1.92. The zero-order valence-electron chi connectivity index (χ0n) is 10.7. The van der Waals surface area contributed by atoms with Crippen LogP contribution in [0.5, 0.6) is 0 Å². The van der Waals surface area contributed by atoms with Crippen LogP contribution >= 0.6 is 11.3 Å². The van der Waals surface area contributed by atoms with Crippen molar-refractivity contribution in [3.8, 4) is 0 Å². The molecule has 19 heavy (non-hydrogen) atoms. The Balaban J connectivity index is 1.96. The van der Waals surface area contributed by atoms with Gasteiger partial charge in [-0.15, -0.1) is 0 Å². The van der Waals surface area contributed by atoms with E-state index in [0.29, 0.717) is 0 Å². The molecule has 0 aliphatic carbocycles. The molecule has 0 unspecified atom stereocenters. The van der Waals surface area contributed by atoms with E-state index in [1.807, 2.05) is 6.07 Å². The van der Waals surface area contributed by atoms with Gasteiger partial charge < -0.3 is 5.32 Å². The zero-order valence-corrected chi connectivity index (χ0v) is 11.5. The van der Waals surface area contributed by atoms with Crippen LogP contribution in [0.1, 0.15) is 11.1 Å². The number of rotatable bonds is 2. The van der Waals surface area contributed by atoms with Crippen LogP contribution < -0.4 is 5.32 Å². The van der Waals surface area contributed by atoms with Gasteiger partial charge in [-0.1, -0.05) is 29.0 Å². The largest absolute Gasteiger partial charge is 0.331 e. The highest BCUT2D eigenvalue weighted by Crippen LogP contribution is 2.29. The van der Waals surface area contributed by atoms with Gasteiger partial charge in [0.05, 0.1) is 10.2 Å². The number of hydrogen-bond acceptors (Lipinski definition) is 3. The normalized spacial score (nSPS) is 10.9. The Bertz CT molecular complexity index is 749. The molecule has 96 valence electrons. The Morgan fingerprint density at radius 3 is 2.74 bits per heavy atom. The molecule has 0 radical (unpaired) electrons. The van der Waals surface area contributed by atoms with Gasteiger partial charge in [-0.2, -0.15) is 0 Å². The number of thiazole rings is 1. The number of halogens is 1. The second-order valence-electron chi connectivity index (χ2n) is 4.57. The molecule has 4 heteroatoms. The van der Waals surface area contributed by atoms with E-state index in [9.17, 15) is 4.39 Å². The highest BCUT2D eigenvalue weighted by molar-refractivity contribution is 7.22. The lowest BCUT2D eigenvalue weighted by molar-refractivity contribution is 0.630. The minimum Gasteiger partial charge on any atom is -0.331 e. The summed E-state index contributed by atoms with van der Waals surface area (Å²) in [5.74, 6) is -0.228. The molecule has 1 aromatic heterocycles. The van der Waals surface area contributed by atoms with Gasteiger partial charge in [0.15, 0.2) is 5.13 Å². The van der Waals surface area contributed by atoms with Crippen molar-refractivity contribution in [2.75, 3.05) is 5.32 Å². The number of aromatic nitrogens is 1. The Labute approximate surface area is 114 Å². The molecule has 0 saturated heterocycles. The van der Waals surface area contributed by atoms with Crippen molar-refractivity contribution in [3.63, 3.8) is 0 Å². The van der Waals surface area contributed by atoms with E-state index in [-0.39, 0.29) is 5.82 Å². The second kappa shape index (κ2) is 4.63. The number of anilines is 2. The average Bonchev–Trinajstić information content (AvgIpc) is 2.74. The summed E-state index contributed by atoms with van der Waals surface area (Å²) in [7, 11) is 0. The van der Waals surface area contributed by atoms with Gasteiger partial charge >= 0.3 is 0 Å². The van der Waals surface area contributed by atoms with Gasteiger partial charge in [0.1, 0.15) is 5.82 Å². The Hall–Kier alpha value is -1.94. The summed E-state index contributed by atoms with van der Waals surface area (Å²) < 4.78 is 14.0. The topological polar surface area (TPSA) is 24.9 Å². The molecule has 0 fully saturated rings. The molecule has 3 aromatic rings. The minimum absolute atomic E-state index is 0.228. The van der Waals surface area contributed by atoms with Crippen molar-refractivity contribution in [1.29, 1.82) is 0 Å². The molecule has 1 heterocycles. The Morgan fingerprint density at radius 1 is 1.11 bits per heavy atom. The van der Waals surface area contributed by atoms with E-state index in [1.54, 1.807) is 6.07 Å². The smallest absolute Gasteiger partial charge is 0.188 e. The number of nitrogens with one attached hydrogen (secondary N) is 1. The monoisotopic (exact) mass is 272 g/mol. The lowest BCUT2D eigenvalue weighted by Gasteiger charge is -2.06. The number of hydrogen-bond donors (Lipinski definition) is 1. The molecular weight excluding hydrogens is 259 g/mol. The third-order valence-electron chi connectivity index (χ3n) is 2.97. The van der Waals surface area contributed by atoms with E-state index in [0.717, 1.165) is 21.0 Å². The van der Waals surface area contributed by atoms with Crippen LogP contribution in [-0.2, 0) is 0 Å². The summed E-state index contributed by atoms with van der Waals surface area (Å²) in [6, 6.07) is 10.9. The average molecular weight is 272 g/mol. The molecule has 2 aromatic carbocycles. The summed E-state index contributed by atoms with van der Waals surface area (Å²) in [4.78, 5) is 4.45. The first-order chi connectivity index (χ1) is 9.11. The summed E-state index contributed by atoms with van der Waals surface area (Å²) in [6.45, 7) is 4.12. The van der Waals surface area contributed by atoms with Crippen LogP contribution in [0.3, 0.4) is 0 Å². The van der Waals surface area contributed by atoms with Crippen LogP contribution in [0.15, 0.2) is 36.4 Å². The highest BCUT2D eigenvalue weighted by atomic mass is 32.1. The summed E-state index contributed by atoms with van der Waals surface area (Å²) >= 11 is 1.46. The molecular formula is C15H13FN2S. The summed E-state index contributed by atoms with van der Waals surface area (Å²) in [5.41, 5.74) is 4.25. The van der Waals surface area contributed by atoms with Crippen molar-refractivity contribution in [1.82, 2.24) is 4.98 Å². The van der Waals surface area contributed by atoms with E-state index < -0.39 is 0 Å². The fraction of sp³-hybridized carbons (Fsp3) is 0.133. The number of aryl methyl sites for hydroxylation is 2. The molecule has 3 rings (SSSR count). The molecule has 0 saturated carbocycles. The molecule has 0 aliphatic rings. The Morgan fingerprint density at radius 2 is 1.95 bits per heavy atom. The van der Waals surface area contributed by atoms with Crippen molar-refractivity contribution in [2.24, 2.45) is 0 Å². The van der Waals surface area contributed by atoms with Crippen molar-refractivity contribution >= 4 is 32.4 Å². The summed E-state index contributed by atoms with van der Waals surface area (Å²) in [5, 5.41) is 4.08. The minimum atomic E-state index is -0.228. The fourth-order valence-corrected chi connectivity index (χ4v) is 2.92. The van der Waals surface area contributed by atoms with E-state index in [1.165, 1.54) is 34.6 Å². The molecule has 0 bridgehead atoms. The second-order valence-corrected chi connectivity index (χ2v) is 5.61. The lowest BCUT2D eigenvalue weighted by atomic mass is 10.1. The number of nitrogens with zero attached hydrogens (tertiary/aromatic N) is 1. The third kappa shape index (κ3) is 2.44. The first-order valence-corrected chi connectivity index (χ1v) is 6.84. The highest BCUT2D eigenvalue weighted by Gasteiger charge is 2.06. The van der Waals surface area contributed by atoms with Gasteiger partial charge in [0, 0.05) is 5.69 Å². The number of fused-ring (bicyclic) bond motifs is 1.